The van der Waals surface area contributed by atoms with Gasteiger partial charge in [-0.05, 0) is 14.0 Å². The first-order valence-electron chi connectivity index (χ1n) is 5.55. The lowest BCUT2D eigenvalue weighted by Gasteiger charge is -2.35. The molecule has 1 amide bonds. The van der Waals surface area contributed by atoms with Gasteiger partial charge in [0.15, 0.2) is 0 Å². The van der Waals surface area contributed by atoms with E-state index in [1.165, 1.54) is 0 Å². The van der Waals surface area contributed by atoms with Crippen LogP contribution in [0.3, 0.4) is 0 Å². The Bertz CT molecular complexity index is 148. The van der Waals surface area contributed by atoms with Crippen LogP contribution in [-0.4, -0.2) is 48.9 Å². The van der Waals surface area contributed by atoms with Gasteiger partial charge in [-0.25, -0.2) is 0 Å². The molecule has 3 heteroatoms. The maximum Gasteiger partial charge on any atom is 0.236 e. The molecule has 0 aromatic heterocycles. The molecule has 14 heavy (non-hydrogen) atoms. The van der Waals surface area contributed by atoms with E-state index in [0.29, 0.717) is 12.6 Å². The molecule has 1 atom stereocenters. The summed E-state index contributed by atoms with van der Waals surface area (Å²) >= 11 is 0. The summed E-state index contributed by atoms with van der Waals surface area (Å²) in [4.78, 5) is 15.0. The van der Waals surface area contributed by atoms with Gasteiger partial charge in [-0.2, -0.15) is 0 Å². The summed E-state index contributed by atoms with van der Waals surface area (Å²) in [5.74, 6) is 0.223. The van der Waals surface area contributed by atoms with Crippen LogP contribution in [0.2, 0.25) is 0 Å². The molecule has 1 aliphatic rings. The molecule has 0 aliphatic carbocycles. The van der Waals surface area contributed by atoms with Crippen LogP contribution in [0, 0.1) is 0 Å². The van der Waals surface area contributed by atoms with Crippen LogP contribution in [0.15, 0.2) is 0 Å². The van der Waals surface area contributed by atoms with Crippen molar-refractivity contribution in [1.82, 2.24) is 9.80 Å². The zero-order valence-electron chi connectivity index (χ0n) is 10.8. The van der Waals surface area contributed by atoms with Crippen LogP contribution >= 0.6 is 0 Å². The van der Waals surface area contributed by atoms with Gasteiger partial charge in [-0.3, -0.25) is 9.69 Å². The van der Waals surface area contributed by atoms with Gasteiger partial charge in [-0.15, -0.1) is 0 Å². The first-order valence-corrected chi connectivity index (χ1v) is 5.55. The van der Waals surface area contributed by atoms with Crippen molar-refractivity contribution in [1.29, 1.82) is 0 Å². The molecule has 0 saturated carbocycles. The molecule has 1 heterocycles. The molecule has 0 aromatic carbocycles. The van der Waals surface area contributed by atoms with E-state index < -0.39 is 0 Å². The lowest BCUT2D eigenvalue weighted by Crippen LogP contribution is -2.52. The molecular weight excluding hydrogens is 176 g/mol. The van der Waals surface area contributed by atoms with E-state index in [-0.39, 0.29) is 5.91 Å². The lowest BCUT2D eigenvalue weighted by atomic mass is 10.2. The summed E-state index contributed by atoms with van der Waals surface area (Å²) in [6, 6.07) is 0.367. The molecule has 0 aromatic rings. The molecule has 0 spiro atoms. The van der Waals surface area contributed by atoms with Crippen molar-refractivity contribution in [3.05, 3.63) is 0 Å². The number of piperazine rings is 1. The smallest absolute Gasteiger partial charge is 0.236 e. The SMILES string of the molecule is CC.CC.CC1CN(C)CC(=O)N1C. The Morgan fingerprint density at radius 1 is 1.14 bits per heavy atom. The second-order valence-electron chi connectivity index (χ2n) is 3.05. The number of carbonyl (C=O) groups excluding carboxylic acids is 1. The van der Waals surface area contributed by atoms with Gasteiger partial charge in [-0.1, -0.05) is 27.7 Å². The monoisotopic (exact) mass is 202 g/mol. The Morgan fingerprint density at radius 2 is 1.57 bits per heavy atom. The molecule has 1 saturated heterocycles. The molecule has 3 nitrogen and oxygen atoms in total. The third kappa shape index (κ3) is 5.22. The number of hydrogen-bond donors (Lipinski definition) is 0. The number of amides is 1. The number of hydrogen-bond acceptors (Lipinski definition) is 2. The fourth-order valence-electron chi connectivity index (χ4n) is 1.23. The highest BCUT2D eigenvalue weighted by Gasteiger charge is 2.23. The maximum absolute atomic E-state index is 11.1. The Balaban J connectivity index is 0. The van der Waals surface area contributed by atoms with Gasteiger partial charge in [0.2, 0.25) is 5.91 Å². The van der Waals surface area contributed by atoms with E-state index >= 15 is 0 Å². The Morgan fingerprint density at radius 3 is 1.93 bits per heavy atom. The molecular formula is C11H26N2O. The van der Waals surface area contributed by atoms with Crippen molar-refractivity contribution in [2.24, 2.45) is 0 Å². The second kappa shape index (κ2) is 9.00. The third-order valence-corrected chi connectivity index (χ3v) is 2.04. The standard InChI is InChI=1S/C7H14N2O.2C2H6/c1-6-4-8(2)5-7(10)9(6)3;2*1-2/h6H,4-5H2,1-3H3;2*1-2H3. The van der Waals surface area contributed by atoms with Crippen molar-refractivity contribution in [3.8, 4) is 0 Å². The van der Waals surface area contributed by atoms with Crippen LogP contribution < -0.4 is 0 Å². The predicted molar refractivity (Wildman–Crippen MR) is 62.4 cm³/mol. The lowest BCUT2D eigenvalue weighted by molar-refractivity contribution is -0.136. The number of rotatable bonds is 0. The highest BCUT2D eigenvalue weighted by atomic mass is 16.2. The highest BCUT2D eigenvalue weighted by molar-refractivity contribution is 5.79. The normalized spacial score (nSPS) is 21.8. The van der Waals surface area contributed by atoms with E-state index in [1.54, 1.807) is 4.90 Å². The third-order valence-electron chi connectivity index (χ3n) is 2.04. The van der Waals surface area contributed by atoms with Gasteiger partial charge in [0.1, 0.15) is 0 Å². The van der Waals surface area contributed by atoms with Gasteiger partial charge in [0.05, 0.1) is 6.54 Å². The summed E-state index contributed by atoms with van der Waals surface area (Å²) in [5.41, 5.74) is 0. The average molecular weight is 202 g/mol. The molecule has 0 N–H and O–H groups in total. The quantitative estimate of drug-likeness (QED) is 0.598. The molecule has 86 valence electrons. The van der Waals surface area contributed by atoms with Crippen molar-refractivity contribution < 1.29 is 4.79 Å². The molecule has 1 rings (SSSR count). The number of nitrogens with zero attached hydrogens (tertiary/aromatic N) is 2. The topological polar surface area (TPSA) is 23.6 Å². The largest absolute Gasteiger partial charge is 0.341 e. The predicted octanol–water partition coefficient (Wildman–Crippen LogP) is 1.83. The Labute approximate surface area is 89.1 Å². The summed E-state index contributed by atoms with van der Waals surface area (Å²) in [6.07, 6.45) is 0. The summed E-state index contributed by atoms with van der Waals surface area (Å²) in [5, 5.41) is 0. The van der Waals surface area contributed by atoms with Crippen LogP contribution in [0.25, 0.3) is 0 Å². The summed E-state index contributed by atoms with van der Waals surface area (Å²) in [6.45, 7) is 11.6. The van der Waals surface area contributed by atoms with E-state index in [1.807, 2.05) is 46.7 Å². The van der Waals surface area contributed by atoms with E-state index in [2.05, 4.69) is 6.92 Å². The van der Waals surface area contributed by atoms with Crippen LogP contribution in [-0.2, 0) is 4.79 Å². The summed E-state index contributed by atoms with van der Waals surface area (Å²) in [7, 11) is 3.83. The first-order chi connectivity index (χ1) is 6.61. The minimum Gasteiger partial charge on any atom is -0.341 e. The molecule has 0 bridgehead atoms. The minimum atomic E-state index is 0.223. The maximum atomic E-state index is 11.1. The van der Waals surface area contributed by atoms with E-state index in [9.17, 15) is 4.79 Å². The highest BCUT2D eigenvalue weighted by Crippen LogP contribution is 2.05. The van der Waals surface area contributed by atoms with Crippen molar-refractivity contribution in [2.75, 3.05) is 27.2 Å². The molecule has 1 fully saturated rings. The van der Waals surface area contributed by atoms with Crippen LogP contribution in [0.4, 0.5) is 0 Å². The van der Waals surface area contributed by atoms with Gasteiger partial charge >= 0.3 is 0 Å². The number of likely N-dealkylation sites (N-methyl/N-ethyl adjacent to an activating group) is 2. The minimum absolute atomic E-state index is 0.223. The fourth-order valence-corrected chi connectivity index (χ4v) is 1.23. The van der Waals surface area contributed by atoms with E-state index in [0.717, 1.165) is 6.54 Å². The van der Waals surface area contributed by atoms with Crippen molar-refractivity contribution in [2.45, 2.75) is 40.7 Å². The van der Waals surface area contributed by atoms with Crippen molar-refractivity contribution >= 4 is 5.91 Å². The second-order valence-corrected chi connectivity index (χ2v) is 3.05. The zero-order chi connectivity index (χ0) is 11.7. The van der Waals surface area contributed by atoms with Gasteiger partial charge in [0.25, 0.3) is 0 Å². The van der Waals surface area contributed by atoms with Crippen molar-refractivity contribution in [3.63, 3.8) is 0 Å². The zero-order valence-corrected chi connectivity index (χ0v) is 10.8. The summed E-state index contributed by atoms with van der Waals surface area (Å²) < 4.78 is 0. The molecule has 1 unspecified atom stereocenters. The molecule has 1 aliphatic heterocycles. The average Bonchev–Trinajstić information content (AvgIpc) is 2.20. The van der Waals surface area contributed by atoms with Crippen LogP contribution in [0.1, 0.15) is 34.6 Å². The van der Waals surface area contributed by atoms with Crippen LogP contribution in [0.5, 0.6) is 0 Å². The van der Waals surface area contributed by atoms with Gasteiger partial charge < -0.3 is 4.90 Å². The number of carbonyl (C=O) groups is 1. The fraction of sp³-hybridized carbons (Fsp3) is 0.909. The molecule has 0 radical (unpaired) electrons. The van der Waals surface area contributed by atoms with E-state index in [4.69, 9.17) is 0 Å². The Hall–Kier alpha value is -0.570. The Kier molecular flexibility index (Phi) is 10.2. The first kappa shape index (κ1) is 15.9. The van der Waals surface area contributed by atoms with Gasteiger partial charge in [0, 0.05) is 19.6 Å².